The van der Waals surface area contributed by atoms with Gasteiger partial charge in [-0.15, -0.1) is 21.5 Å². The highest BCUT2D eigenvalue weighted by Gasteiger charge is 2.24. The summed E-state index contributed by atoms with van der Waals surface area (Å²) in [6.45, 7) is 2.16. The zero-order chi connectivity index (χ0) is 18.8. The molecular formula is C19H18N6OS. The highest BCUT2D eigenvalue weighted by atomic mass is 32.1. The molecule has 1 N–H and O–H groups in total. The summed E-state index contributed by atoms with van der Waals surface area (Å²) < 4.78 is 0. The Balaban J connectivity index is 1.48. The first kappa shape index (κ1) is 17.4. The van der Waals surface area contributed by atoms with E-state index >= 15 is 0 Å². The van der Waals surface area contributed by atoms with Crippen LogP contribution in [-0.4, -0.2) is 26.1 Å². The van der Waals surface area contributed by atoms with Crippen molar-refractivity contribution in [3.63, 3.8) is 0 Å². The Kier molecular flexibility index (Phi) is 4.69. The van der Waals surface area contributed by atoms with Crippen LogP contribution in [0, 0.1) is 17.2 Å². The molecule has 0 spiro atoms. The van der Waals surface area contributed by atoms with E-state index in [1.165, 1.54) is 21.0 Å². The molecule has 0 fully saturated rings. The topological polar surface area (TPSA) is 96.5 Å². The van der Waals surface area contributed by atoms with E-state index in [0.29, 0.717) is 22.3 Å². The number of fused-ring (bicyclic) bond motifs is 1. The second-order valence-electron chi connectivity index (χ2n) is 6.73. The third kappa shape index (κ3) is 3.59. The van der Waals surface area contributed by atoms with Crippen LogP contribution in [0.5, 0.6) is 0 Å². The fraction of sp³-hybridized carbons (Fsp3) is 0.316. The fourth-order valence-corrected chi connectivity index (χ4v) is 4.64. The van der Waals surface area contributed by atoms with E-state index in [9.17, 15) is 10.1 Å². The van der Waals surface area contributed by atoms with Gasteiger partial charge < -0.3 is 5.32 Å². The maximum Gasteiger partial charge on any atom is 0.248 e. The maximum atomic E-state index is 12.4. The SMILES string of the molecule is CC1CCc2c(sc(NC(=O)Cn3nnc(-c4ccccc4)n3)c2C#N)C1. The Morgan fingerprint density at radius 2 is 2.22 bits per heavy atom. The average Bonchev–Trinajstić information content (AvgIpc) is 3.26. The predicted molar refractivity (Wildman–Crippen MR) is 102 cm³/mol. The molecule has 1 amide bonds. The number of anilines is 1. The smallest absolute Gasteiger partial charge is 0.248 e. The molecule has 0 aliphatic heterocycles. The van der Waals surface area contributed by atoms with Crippen LogP contribution in [0.25, 0.3) is 11.4 Å². The monoisotopic (exact) mass is 378 g/mol. The Hall–Kier alpha value is -3.05. The van der Waals surface area contributed by atoms with Crippen molar-refractivity contribution >= 4 is 22.2 Å². The molecule has 27 heavy (non-hydrogen) atoms. The number of nitriles is 1. The van der Waals surface area contributed by atoms with Crippen LogP contribution in [0.1, 0.15) is 29.3 Å². The third-order valence-electron chi connectivity index (χ3n) is 4.65. The molecule has 1 unspecified atom stereocenters. The van der Waals surface area contributed by atoms with E-state index in [1.807, 2.05) is 30.3 Å². The molecule has 2 heterocycles. The summed E-state index contributed by atoms with van der Waals surface area (Å²) in [6, 6.07) is 11.7. The van der Waals surface area contributed by atoms with Gasteiger partial charge in [-0.3, -0.25) is 4.79 Å². The Labute approximate surface area is 160 Å². The lowest BCUT2D eigenvalue weighted by Crippen LogP contribution is -2.20. The summed E-state index contributed by atoms with van der Waals surface area (Å²) >= 11 is 1.51. The first-order chi connectivity index (χ1) is 13.1. The van der Waals surface area contributed by atoms with E-state index in [-0.39, 0.29) is 12.5 Å². The molecular weight excluding hydrogens is 360 g/mol. The molecule has 3 aromatic rings. The van der Waals surface area contributed by atoms with E-state index in [0.717, 1.165) is 30.4 Å². The number of aromatic nitrogens is 4. The molecule has 1 atom stereocenters. The number of tetrazole rings is 1. The summed E-state index contributed by atoms with van der Waals surface area (Å²) in [5, 5.41) is 25.2. The van der Waals surface area contributed by atoms with E-state index in [1.54, 1.807) is 0 Å². The van der Waals surface area contributed by atoms with Crippen LogP contribution < -0.4 is 5.32 Å². The van der Waals surface area contributed by atoms with Crippen molar-refractivity contribution in [3.8, 4) is 17.5 Å². The molecule has 136 valence electrons. The second kappa shape index (κ2) is 7.29. The third-order valence-corrected chi connectivity index (χ3v) is 5.82. The summed E-state index contributed by atoms with van der Waals surface area (Å²) in [7, 11) is 0. The number of hydrogen-bond donors (Lipinski definition) is 1. The summed E-state index contributed by atoms with van der Waals surface area (Å²) in [6.07, 6.45) is 2.95. The zero-order valence-corrected chi connectivity index (χ0v) is 15.7. The average molecular weight is 378 g/mol. The summed E-state index contributed by atoms with van der Waals surface area (Å²) in [4.78, 5) is 14.9. The number of rotatable bonds is 4. The molecule has 0 saturated carbocycles. The van der Waals surface area contributed by atoms with Crippen LogP contribution >= 0.6 is 11.3 Å². The zero-order valence-electron chi connectivity index (χ0n) is 14.8. The lowest BCUT2D eigenvalue weighted by atomic mass is 9.89. The van der Waals surface area contributed by atoms with Crippen LogP contribution in [0.4, 0.5) is 5.00 Å². The minimum absolute atomic E-state index is 0.0519. The molecule has 0 radical (unpaired) electrons. The van der Waals surface area contributed by atoms with Gasteiger partial charge in [0.2, 0.25) is 11.7 Å². The van der Waals surface area contributed by atoms with Gasteiger partial charge in [0.1, 0.15) is 17.6 Å². The Morgan fingerprint density at radius 3 is 3.00 bits per heavy atom. The molecule has 7 nitrogen and oxygen atoms in total. The number of carbonyl (C=O) groups is 1. The standard InChI is InChI=1S/C19H18N6OS/c1-12-7-8-14-15(10-20)19(27-16(14)9-12)21-17(26)11-25-23-18(22-24-25)13-5-3-2-4-6-13/h2-6,12H,7-9,11H2,1H3,(H,21,26). The van der Waals surface area contributed by atoms with Crippen LogP contribution in [0.2, 0.25) is 0 Å². The molecule has 2 aromatic heterocycles. The second-order valence-corrected chi connectivity index (χ2v) is 7.83. The van der Waals surface area contributed by atoms with Crippen molar-refractivity contribution in [1.29, 1.82) is 5.26 Å². The number of hydrogen-bond acceptors (Lipinski definition) is 6. The molecule has 1 aliphatic rings. The number of benzene rings is 1. The van der Waals surface area contributed by atoms with E-state index < -0.39 is 0 Å². The van der Waals surface area contributed by atoms with Crippen LogP contribution in [0.15, 0.2) is 30.3 Å². The van der Waals surface area contributed by atoms with Crippen molar-refractivity contribution < 1.29 is 4.79 Å². The molecule has 4 rings (SSSR count). The van der Waals surface area contributed by atoms with Crippen molar-refractivity contribution in [2.45, 2.75) is 32.7 Å². The van der Waals surface area contributed by atoms with Crippen molar-refractivity contribution in [1.82, 2.24) is 20.2 Å². The maximum absolute atomic E-state index is 12.4. The molecule has 8 heteroatoms. The van der Waals surface area contributed by atoms with E-state index in [2.05, 4.69) is 33.7 Å². The quantitative estimate of drug-likeness (QED) is 0.753. The normalized spacial score (nSPS) is 15.8. The highest BCUT2D eigenvalue weighted by molar-refractivity contribution is 7.16. The van der Waals surface area contributed by atoms with Gasteiger partial charge in [0.05, 0.1) is 5.56 Å². The number of nitrogens with one attached hydrogen (secondary N) is 1. The molecule has 1 aliphatic carbocycles. The number of nitrogens with zero attached hydrogens (tertiary/aromatic N) is 5. The van der Waals surface area contributed by atoms with Gasteiger partial charge in [-0.05, 0) is 36.0 Å². The minimum Gasteiger partial charge on any atom is -0.315 e. The lowest BCUT2D eigenvalue weighted by molar-refractivity contribution is -0.117. The molecule has 1 aromatic carbocycles. The van der Waals surface area contributed by atoms with Gasteiger partial charge in [0.25, 0.3) is 0 Å². The number of carbonyl (C=O) groups excluding carboxylic acids is 1. The Morgan fingerprint density at radius 1 is 1.41 bits per heavy atom. The van der Waals surface area contributed by atoms with Crippen molar-refractivity contribution in [3.05, 3.63) is 46.3 Å². The molecule has 0 bridgehead atoms. The first-order valence-corrected chi connectivity index (χ1v) is 9.63. The summed E-state index contributed by atoms with van der Waals surface area (Å²) in [5.41, 5.74) is 2.55. The van der Waals surface area contributed by atoms with Gasteiger partial charge in [-0.25, -0.2) is 0 Å². The molecule has 0 saturated heterocycles. The Bertz CT molecular complexity index is 1020. The predicted octanol–water partition coefficient (Wildman–Crippen LogP) is 3.04. The van der Waals surface area contributed by atoms with Gasteiger partial charge in [0.15, 0.2) is 0 Å². The number of thiophene rings is 1. The highest BCUT2D eigenvalue weighted by Crippen LogP contribution is 2.39. The first-order valence-electron chi connectivity index (χ1n) is 8.81. The van der Waals surface area contributed by atoms with Crippen molar-refractivity contribution in [2.24, 2.45) is 5.92 Å². The largest absolute Gasteiger partial charge is 0.315 e. The van der Waals surface area contributed by atoms with Gasteiger partial charge in [-0.2, -0.15) is 10.1 Å². The van der Waals surface area contributed by atoms with Crippen LogP contribution in [0.3, 0.4) is 0 Å². The van der Waals surface area contributed by atoms with Gasteiger partial charge in [0, 0.05) is 10.4 Å². The van der Waals surface area contributed by atoms with Gasteiger partial charge >= 0.3 is 0 Å². The number of amides is 1. The minimum atomic E-state index is -0.268. The van der Waals surface area contributed by atoms with E-state index in [4.69, 9.17) is 0 Å². The summed E-state index contributed by atoms with van der Waals surface area (Å²) in [5.74, 6) is 0.818. The van der Waals surface area contributed by atoms with Gasteiger partial charge in [-0.1, -0.05) is 37.3 Å². The lowest BCUT2D eigenvalue weighted by Gasteiger charge is -2.17. The van der Waals surface area contributed by atoms with Crippen molar-refractivity contribution in [2.75, 3.05) is 5.32 Å². The van der Waals surface area contributed by atoms with Crippen LogP contribution in [-0.2, 0) is 24.2 Å². The fourth-order valence-electron chi connectivity index (χ4n) is 3.26.